The first-order valence-electron chi connectivity index (χ1n) is 12.3. The van der Waals surface area contributed by atoms with Gasteiger partial charge in [-0.05, 0) is 55.5 Å². The van der Waals surface area contributed by atoms with Crippen molar-refractivity contribution in [3.63, 3.8) is 0 Å². The number of rotatable bonds is 6. The van der Waals surface area contributed by atoms with Crippen molar-refractivity contribution >= 4 is 56.1 Å². The molecule has 8 heteroatoms. The molecular formula is C30H23FN4O2S. The monoisotopic (exact) mass is 522 g/mol. The second kappa shape index (κ2) is 9.79. The van der Waals surface area contributed by atoms with Gasteiger partial charge < -0.3 is 9.88 Å². The van der Waals surface area contributed by atoms with E-state index in [9.17, 15) is 14.0 Å². The molecule has 1 amide bonds. The van der Waals surface area contributed by atoms with Crippen LogP contribution in [0.5, 0.6) is 0 Å². The van der Waals surface area contributed by atoms with E-state index in [-0.39, 0.29) is 28.1 Å². The molecule has 0 bridgehead atoms. The number of nitrogens with one attached hydrogen (secondary N) is 1. The number of benzene rings is 4. The van der Waals surface area contributed by atoms with Crippen molar-refractivity contribution in [3.8, 4) is 5.69 Å². The Morgan fingerprint density at radius 2 is 1.61 bits per heavy atom. The fourth-order valence-corrected chi connectivity index (χ4v) is 5.66. The number of amides is 1. The highest BCUT2D eigenvalue weighted by atomic mass is 32.2. The van der Waals surface area contributed by atoms with Gasteiger partial charge in [-0.25, -0.2) is 9.37 Å². The van der Waals surface area contributed by atoms with Gasteiger partial charge in [0.2, 0.25) is 5.91 Å². The molecule has 0 aliphatic heterocycles. The molecule has 6 aromatic rings. The third-order valence-electron chi connectivity index (χ3n) is 6.54. The number of nitrogens with zero attached hydrogens (tertiary/aromatic N) is 3. The largest absolute Gasteiger partial charge is 0.341 e. The van der Waals surface area contributed by atoms with Crippen molar-refractivity contribution in [2.45, 2.75) is 18.6 Å². The summed E-state index contributed by atoms with van der Waals surface area (Å²) in [5.41, 5.74) is 3.14. The zero-order chi connectivity index (χ0) is 26.2. The summed E-state index contributed by atoms with van der Waals surface area (Å²) in [6.07, 6.45) is 0. The average Bonchev–Trinajstić information content (AvgIpc) is 3.25. The Labute approximate surface area is 221 Å². The van der Waals surface area contributed by atoms with Gasteiger partial charge in [0.1, 0.15) is 5.82 Å². The van der Waals surface area contributed by atoms with E-state index in [4.69, 9.17) is 0 Å². The van der Waals surface area contributed by atoms with Crippen LogP contribution in [0.15, 0.2) is 101 Å². The number of anilines is 1. The van der Waals surface area contributed by atoms with Crippen LogP contribution in [0.3, 0.4) is 0 Å². The predicted molar refractivity (Wildman–Crippen MR) is 152 cm³/mol. The summed E-state index contributed by atoms with van der Waals surface area (Å²) in [7, 11) is 0. The van der Waals surface area contributed by atoms with E-state index in [1.165, 1.54) is 16.7 Å². The van der Waals surface area contributed by atoms with E-state index in [1.807, 2.05) is 30.3 Å². The maximum absolute atomic E-state index is 14.7. The van der Waals surface area contributed by atoms with Crippen LogP contribution >= 0.6 is 11.8 Å². The summed E-state index contributed by atoms with van der Waals surface area (Å²) in [5.74, 6) is -0.804. The van der Waals surface area contributed by atoms with Gasteiger partial charge in [0.05, 0.1) is 22.3 Å². The number of fused-ring (bicyclic) bond motifs is 4. The molecule has 38 heavy (non-hydrogen) atoms. The van der Waals surface area contributed by atoms with Crippen molar-refractivity contribution in [2.24, 2.45) is 0 Å². The van der Waals surface area contributed by atoms with Gasteiger partial charge >= 0.3 is 0 Å². The molecule has 0 spiro atoms. The first kappa shape index (κ1) is 23.9. The SMILES string of the molecule is CCn1c2ccccc2c2cc(NC(=O)CSc3nc4ccccc4c(=O)n3-c3ccccc3F)ccc21. The summed E-state index contributed by atoms with van der Waals surface area (Å²) < 4.78 is 18.2. The number of hydrogen-bond acceptors (Lipinski definition) is 4. The molecule has 2 aromatic heterocycles. The molecule has 0 saturated heterocycles. The molecule has 0 unspecified atom stereocenters. The topological polar surface area (TPSA) is 68.9 Å². The van der Waals surface area contributed by atoms with Gasteiger partial charge in [-0.2, -0.15) is 0 Å². The average molecular weight is 523 g/mol. The molecule has 0 aliphatic carbocycles. The number of aryl methyl sites for hydroxylation is 1. The van der Waals surface area contributed by atoms with Crippen LogP contribution in [0.4, 0.5) is 10.1 Å². The second-order valence-corrected chi connectivity index (χ2v) is 9.78. The molecule has 6 nitrogen and oxygen atoms in total. The Kier molecular flexibility index (Phi) is 6.17. The zero-order valence-electron chi connectivity index (χ0n) is 20.5. The zero-order valence-corrected chi connectivity index (χ0v) is 21.3. The van der Waals surface area contributed by atoms with E-state index >= 15 is 0 Å². The minimum atomic E-state index is -0.544. The lowest BCUT2D eigenvalue weighted by molar-refractivity contribution is -0.113. The minimum Gasteiger partial charge on any atom is -0.341 e. The quantitative estimate of drug-likeness (QED) is 0.204. The summed E-state index contributed by atoms with van der Waals surface area (Å²) in [4.78, 5) is 30.9. The second-order valence-electron chi connectivity index (χ2n) is 8.83. The Morgan fingerprint density at radius 3 is 2.42 bits per heavy atom. The Morgan fingerprint density at radius 1 is 0.895 bits per heavy atom. The Bertz CT molecular complexity index is 1910. The summed E-state index contributed by atoms with van der Waals surface area (Å²) in [5, 5.41) is 5.78. The summed E-state index contributed by atoms with van der Waals surface area (Å²) in [6, 6.07) is 27.1. The highest BCUT2D eigenvalue weighted by Gasteiger charge is 2.17. The fourth-order valence-electron chi connectivity index (χ4n) is 4.85. The van der Waals surface area contributed by atoms with E-state index in [1.54, 1.807) is 36.4 Å². The van der Waals surface area contributed by atoms with Gasteiger partial charge in [-0.15, -0.1) is 0 Å². The molecule has 0 radical (unpaired) electrons. The summed E-state index contributed by atoms with van der Waals surface area (Å²) in [6.45, 7) is 2.95. The number of aromatic nitrogens is 3. The van der Waals surface area contributed by atoms with E-state index < -0.39 is 5.82 Å². The van der Waals surface area contributed by atoms with Crippen molar-refractivity contribution in [1.82, 2.24) is 14.1 Å². The molecule has 188 valence electrons. The van der Waals surface area contributed by atoms with Crippen molar-refractivity contribution in [3.05, 3.63) is 107 Å². The Balaban J connectivity index is 1.31. The number of hydrogen-bond donors (Lipinski definition) is 1. The summed E-state index contributed by atoms with van der Waals surface area (Å²) >= 11 is 1.09. The van der Waals surface area contributed by atoms with Crippen LogP contribution in [-0.2, 0) is 11.3 Å². The predicted octanol–water partition coefficient (Wildman–Crippen LogP) is 6.38. The number of carbonyl (C=O) groups is 1. The van der Waals surface area contributed by atoms with Gasteiger partial charge in [0.15, 0.2) is 5.16 Å². The van der Waals surface area contributed by atoms with Crippen LogP contribution in [0.2, 0.25) is 0 Å². The van der Waals surface area contributed by atoms with E-state index in [0.29, 0.717) is 16.6 Å². The highest BCUT2D eigenvalue weighted by molar-refractivity contribution is 7.99. The maximum atomic E-state index is 14.7. The molecule has 0 fully saturated rings. The molecule has 1 N–H and O–H groups in total. The lowest BCUT2D eigenvalue weighted by atomic mass is 10.1. The van der Waals surface area contributed by atoms with Crippen molar-refractivity contribution < 1.29 is 9.18 Å². The minimum absolute atomic E-state index is 0.00596. The molecular weight excluding hydrogens is 499 g/mol. The van der Waals surface area contributed by atoms with Crippen LogP contribution in [0, 0.1) is 5.82 Å². The van der Waals surface area contributed by atoms with Crippen molar-refractivity contribution in [2.75, 3.05) is 11.1 Å². The number of halogens is 1. The number of para-hydroxylation sites is 3. The molecule has 4 aromatic carbocycles. The van der Waals surface area contributed by atoms with E-state index in [0.717, 1.165) is 40.1 Å². The maximum Gasteiger partial charge on any atom is 0.266 e. The van der Waals surface area contributed by atoms with Crippen LogP contribution in [0.1, 0.15) is 6.92 Å². The first-order chi connectivity index (χ1) is 18.5. The first-order valence-corrected chi connectivity index (χ1v) is 13.2. The van der Waals surface area contributed by atoms with Gasteiger partial charge in [0.25, 0.3) is 5.56 Å². The fraction of sp³-hybridized carbons (Fsp3) is 0.100. The molecule has 0 saturated carbocycles. The molecule has 0 aliphatic rings. The van der Waals surface area contributed by atoms with Crippen molar-refractivity contribution in [1.29, 1.82) is 0 Å². The molecule has 2 heterocycles. The lowest BCUT2D eigenvalue weighted by Crippen LogP contribution is -2.23. The van der Waals surface area contributed by atoms with Gasteiger partial charge in [0, 0.05) is 34.0 Å². The van der Waals surface area contributed by atoms with Crippen LogP contribution in [-0.4, -0.2) is 25.8 Å². The standard InChI is InChI=1S/C30H23FN4O2S/c1-2-34-25-13-7-4-9-20(25)22-17-19(15-16-26(22)34)32-28(36)18-38-30-33-24-12-6-3-10-21(24)29(37)35(30)27-14-8-5-11-23(27)31/h3-17H,2,18H2,1H3,(H,32,36). The lowest BCUT2D eigenvalue weighted by Gasteiger charge is -2.14. The number of carbonyl (C=O) groups excluding carboxylic acids is 1. The van der Waals surface area contributed by atoms with Crippen LogP contribution < -0.4 is 10.9 Å². The third kappa shape index (κ3) is 4.13. The molecule has 0 atom stereocenters. The van der Waals surface area contributed by atoms with Gasteiger partial charge in [-0.1, -0.05) is 54.2 Å². The van der Waals surface area contributed by atoms with Gasteiger partial charge in [-0.3, -0.25) is 14.2 Å². The van der Waals surface area contributed by atoms with Crippen LogP contribution in [0.25, 0.3) is 38.4 Å². The van der Waals surface area contributed by atoms with E-state index in [2.05, 4.69) is 33.9 Å². The molecule has 6 rings (SSSR count). The Hall–Kier alpha value is -4.43. The normalized spacial score (nSPS) is 11.4. The smallest absolute Gasteiger partial charge is 0.266 e. The number of thioether (sulfide) groups is 1. The highest BCUT2D eigenvalue weighted by Crippen LogP contribution is 2.31. The third-order valence-corrected chi connectivity index (χ3v) is 7.48.